The van der Waals surface area contributed by atoms with Gasteiger partial charge in [0.15, 0.2) is 0 Å². The SMILES string of the molecule is Cc1ccc2c(c1)C(c1ccccc1)(c1ccccc1)c1cc(C)cc(C3(C)C=CC(C(c4ccc5c(c4)C(C)(C)C4=CCCC=C45)c4ccc5c(c4)C(C)(C)c4ccccc4-5)=CC3)c1-2. The van der Waals surface area contributed by atoms with Gasteiger partial charge in [0.25, 0.3) is 0 Å². The molecule has 5 aliphatic carbocycles. The van der Waals surface area contributed by atoms with Crippen LogP contribution in [0.15, 0.2) is 193 Å². The van der Waals surface area contributed by atoms with Crippen molar-refractivity contribution in [3.8, 4) is 22.3 Å². The molecule has 0 spiro atoms. The van der Waals surface area contributed by atoms with E-state index in [2.05, 4.69) is 231 Å². The fraction of sp³-hybridized carbons (Fsp3) is 0.231. The molecule has 0 bridgehead atoms. The second kappa shape index (κ2) is 14.2. The molecule has 12 rings (SSSR count). The zero-order chi connectivity index (χ0) is 44.5. The maximum atomic E-state index is 2.60. The van der Waals surface area contributed by atoms with Crippen LogP contribution in [0.5, 0.6) is 0 Å². The smallest absolute Gasteiger partial charge is 0.0713 e. The number of hydrogen-bond acceptors (Lipinski definition) is 0. The van der Waals surface area contributed by atoms with Crippen molar-refractivity contribution < 1.29 is 0 Å². The molecule has 0 aromatic heterocycles. The highest BCUT2D eigenvalue weighted by Gasteiger charge is 2.49. The van der Waals surface area contributed by atoms with Crippen LogP contribution in [0.1, 0.15) is 132 Å². The van der Waals surface area contributed by atoms with Crippen molar-refractivity contribution in [2.24, 2.45) is 0 Å². The first-order valence-electron chi connectivity index (χ1n) is 24.0. The van der Waals surface area contributed by atoms with E-state index in [1.165, 1.54) is 111 Å². The van der Waals surface area contributed by atoms with Crippen LogP contribution in [0.4, 0.5) is 0 Å². The summed E-state index contributed by atoms with van der Waals surface area (Å²) in [6.07, 6.45) is 15.8. The van der Waals surface area contributed by atoms with E-state index in [0.717, 1.165) is 19.3 Å². The number of benzene rings is 7. The molecule has 7 aromatic carbocycles. The van der Waals surface area contributed by atoms with Gasteiger partial charge in [0.1, 0.15) is 0 Å². The zero-order valence-corrected chi connectivity index (χ0v) is 39.0. The second-order valence-corrected chi connectivity index (χ2v) is 21.1. The van der Waals surface area contributed by atoms with Crippen LogP contribution in [0.25, 0.3) is 27.8 Å². The third-order valence-corrected chi connectivity index (χ3v) is 16.4. The maximum absolute atomic E-state index is 2.60. The van der Waals surface area contributed by atoms with Crippen molar-refractivity contribution in [1.82, 2.24) is 0 Å². The first kappa shape index (κ1) is 40.0. The average molecular weight is 839 g/mol. The predicted octanol–water partition coefficient (Wildman–Crippen LogP) is 16.3. The summed E-state index contributed by atoms with van der Waals surface area (Å²) in [6, 6.07) is 58.6. The number of allylic oxidation sites excluding steroid dienone is 8. The summed E-state index contributed by atoms with van der Waals surface area (Å²) in [5.41, 5.74) is 26.9. The Hall–Kier alpha value is -6.50. The third-order valence-electron chi connectivity index (χ3n) is 16.4. The van der Waals surface area contributed by atoms with Gasteiger partial charge in [0.05, 0.1) is 5.41 Å². The lowest BCUT2D eigenvalue weighted by atomic mass is 9.66. The standard InChI is InChI=1S/C65H58/c1-41-26-29-52-57(36-41)65(46-18-10-8-11-19-46,47-20-12-9-13-21-47)59-38-42(2)37-58(61(52)59)64(7)34-32-43(33-35-64)60(44-27-30-50-48-22-14-16-24-53(48)62(3,4)55(50)39-44)45-28-31-51-49-23-15-17-25-54(49)63(5,6)56(51)40-45/h8-14,16,18-34,36-40,60H,15,17,35H2,1-7H3. The van der Waals surface area contributed by atoms with Gasteiger partial charge in [-0.1, -0.05) is 228 Å². The molecule has 0 aliphatic heterocycles. The Morgan fingerprint density at radius 1 is 0.446 bits per heavy atom. The molecule has 0 heterocycles. The average Bonchev–Trinajstić information content (AvgIpc) is 3.84. The van der Waals surface area contributed by atoms with E-state index in [1.807, 2.05) is 0 Å². The van der Waals surface area contributed by atoms with Crippen molar-refractivity contribution in [2.75, 3.05) is 0 Å². The van der Waals surface area contributed by atoms with Crippen LogP contribution in [-0.4, -0.2) is 0 Å². The van der Waals surface area contributed by atoms with Crippen molar-refractivity contribution in [2.45, 2.75) is 95.3 Å². The van der Waals surface area contributed by atoms with Gasteiger partial charge >= 0.3 is 0 Å². The maximum Gasteiger partial charge on any atom is 0.0713 e. The molecule has 5 aliphatic rings. The third kappa shape index (κ3) is 5.69. The van der Waals surface area contributed by atoms with Crippen molar-refractivity contribution in [3.63, 3.8) is 0 Å². The Kier molecular flexibility index (Phi) is 8.78. The Morgan fingerprint density at radius 3 is 1.72 bits per heavy atom. The van der Waals surface area contributed by atoms with Crippen LogP contribution in [0, 0.1) is 13.8 Å². The van der Waals surface area contributed by atoms with Crippen LogP contribution < -0.4 is 0 Å². The molecule has 0 saturated heterocycles. The summed E-state index contributed by atoms with van der Waals surface area (Å²) < 4.78 is 0. The fourth-order valence-corrected chi connectivity index (χ4v) is 13.1. The topological polar surface area (TPSA) is 0 Å². The Labute approximate surface area is 386 Å². The first-order valence-corrected chi connectivity index (χ1v) is 24.0. The molecule has 2 atom stereocenters. The summed E-state index contributed by atoms with van der Waals surface area (Å²) in [5, 5.41) is 0. The quantitative estimate of drug-likeness (QED) is 0.156. The van der Waals surface area contributed by atoms with E-state index in [4.69, 9.17) is 0 Å². The van der Waals surface area contributed by atoms with Gasteiger partial charge in [-0.2, -0.15) is 0 Å². The van der Waals surface area contributed by atoms with Gasteiger partial charge in [-0.15, -0.1) is 0 Å². The number of hydrogen-bond donors (Lipinski definition) is 0. The zero-order valence-electron chi connectivity index (χ0n) is 39.0. The summed E-state index contributed by atoms with van der Waals surface area (Å²) in [5.74, 6) is 0.0861. The van der Waals surface area contributed by atoms with Gasteiger partial charge in [0, 0.05) is 22.2 Å². The van der Waals surface area contributed by atoms with Gasteiger partial charge < -0.3 is 0 Å². The Bertz CT molecular complexity index is 3210. The largest absolute Gasteiger partial charge is 0.0795 e. The summed E-state index contributed by atoms with van der Waals surface area (Å²) in [6.45, 7) is 16.7. The van der Waals surface area contributed by atoms with Crippen LogP contribution >= 0.6 is 0 Å². The Balaban J connectivity index is 1.02. The molecule has 0 radical (unpaired) electrons. The first-order chi connectivity index (χ1) is 31.4. The Morgan fingerprint density at radius 2 is 1.03 bits per heavy atom. The number of fused-ring (bicyclic) bond motifs is 9. The number of rotatable bonds is 6. The lowest BCUT2D eigenvalue weighted by Crippen LogP contribution is -2.29. The van der Waals surface area contributed by atoms with Gasteiger partial charge in [-0.05, 0) is 133 Å². The highest BCUT2D eigenvalue weighted by Crippen LogP contribution is 2.60. The number of aryl methyl sites for hydroxylation is 2. The van der Waals surface area contributed by atoms with Crippen molar-refractivity contribution >= 4 is 5.57 Å². The molecule has 7 aromatic rings. The summed E-state index contributed by atoms with van der Waals surface area (Å²) >= 11 is 0. The van der Waals surface area contributed by atoms with Crippen LogP contribution in [0.3, 0.4) is 0 Å². The van der Waals surface area contributed by atoms with Crippen molar-refractivity contribution in [1.29, 1.82) is 0 Å². The summed E-state index contributed by atoms with van der Waals surface area (Å²) in [4.78, 5) is 0. The second-order valence-electron chi connectivity index (χ2n) is 21.1. The van der Waals surface area contributed by atoms with E-state index in [9.17, 15) is 0 Å². The van der Waals surface area contributed by atoms with Crippen LogP contribution in [0.2, 0.25) is 0 Å². The molecule has 0 saturated carbocycles. The molecule has 318 valence electrons. The monoisotopic (exact) mass is 838 g/mol. The van der Waals surface area contributed by atoms with E-state index >= 15 is 0 Å². The molecule has 0 N–H and O–H groups in total. The van der Waals surface area contributed by atoms with E-state index < -0.39 is 5.41 Å². The van der Waals surface area contributed by atoms with Crippen molar-refractivity contribution in [3.05, 3.63) is 266 Å². The summed E-state index contributed by atoms with van der Waals surface area (Å²) in [7, 11) is 0. The molecule has 2 unspecified atom stereocenters. The molecule has 0 amide bonds. The highest BCUT2D eigenvalue weighted by atomic mass is 14.5. The van der Waals surface area contributed by atoms with Crippen LogP contribution in [-0.2, 0) is 21.7 Å². The normalized spacial score (nSPS) is 20.3. The fourth-order valence-electron chi connectivity index (χ4n) is 13.1. The molecule has 0 fully saturated rings. The minimum absolute atomic E-state index is 0.0336. The van der Waals surface area contributed by atoms with Gasteiger partial charge in [0.2, 0.25) is 0 Å². The van der Waals surface area contributed by atoms with E-state index in [-0.39, 0.29) is 22.2 Å². The predicted molar refractivity (Wildman–Crippen MR) is 273 cm³/mol. The lowest BCUT2D eigenvalue weighted by Gasteiger charge is -2.36. The van der Waals surface area contributed by atoms with Gasteiger partial charge in [-0.3, -0.25) is 0 Å². The minimum Gasteiger partial charge on any atom is -0.0795 e. The minimum atomic E-state index is -0.438. The molecular formula is C65H58. The highest BCUT2D eigenvalue weighted by molar-refractivity contribution is 5.91. The molecular weight excluding hydrogens is 781 g/mol. The van der Waals surface area contributed by atoms with E-state index in [0.29, 0.717) is 0 Å². The lowest BCUT2D eigenvalue weighted by molar-refractivity contribution is 0.593. The van der Waals surface area contributed by atoms with Gasteiger partial charge in [-0.25, -0.2) is 0 Å². The molecule has 65 heavy (non-hydrogen) atoms. The van der Waals surface area contributed by atoms with E-state index in [1.54, 1.807) is 0 Å². The molecule has 0 heteroatoms. The molecule has 0 nitrogen and oxygen atoms in total.